The number of rotatable bonds is 13. The quantitative estimate of drug-likeness (QED) is 0.122. The van der Waals surface area contributed by atoms with Crippen molar-refractivity contribution in [2.75, 3.05) is 57.8 Å². The van der Waals surface area contributed by atoms with Crippen molar-refractivity contribution in [3.05, 3.63) is 85.7 Å². The van der Waals surface area contributed by atoms with E-state index in [0.717, 1.165) is 22.5 Å². The van der Waals surface area contributed by atoms with Crippen molar-refractivity contribution in [3.8, 4) is 11.5 Å². The lowest BCUT2D eigenvalue weighted by Gasteiger charge is -2.38. The highest BCUT2D eigenvalue weighted by Crippen LogP contribution is 2.34. The van der Waals surface area contributed by atoms with Crippen molar-refractivity contribution in [2.45, 2.75) is 56.7 Å². The highest BCUT2D eigenvalue weighted by Gasteiger charge is 2.33. The zero-order valence-corrected chi connectivity index (χ0v) is 34.0. The van der Waals surface area contributed by atoms with Crippen LogP contribution in [0.5, 0.6) is 11.5 Å². The molecule has 2 fully saturated rings. The van der Waals surface area contributed by atoms with Gasteiger partial charge in [0.2, 0.25) is 11.8 Å². The largest absolute Gasteiger partial charge is 0.506 e. The van der Waals surface area contributed by atoms with Crippen LogP contribution < -0.4 is 31.7 Å². The lowest BCUT2D eigenvalue weighted by atomic mass is 10.0. The number of anilines is 1. The second-order valence-corrected chi connectivity index (χ2v) is 15.7. The normalized spacial score (nSPS) is 16.2. The van der Waals surface area contributed by atoms with Gasteiger partial charge in [-0.25, -0.2) is 9.59 Å². The Labute approximate surface area is 336 Å². The molecule has 2 atom stereocenters. The van der Waals surface area contributed by atoms with Crippen molar-refractivity contribution >= 4 is 66.4 Å². The minimum Gasteiger partial charge on any atom is -0.506 e. The summed E-state index contributed by atoms with van der Waals surface area (Å²) in [6.07, 6.45) is 2.94. The molecule has 1 aromatic heterocycles. The third-order valence-electron chi connectivity index (χ3n) is 10.5. The number of carbonyl (C=O) groups is 3. The zero-order valence-electron chi connectivity index (χ0n) is 30.8. The summed E-state index contributed by atoms with van der Waals surface area (Å²) in [7, 11) is 1.64. The number of amides is 4. The molecule has 6 N–H and O–H groups in total. The fourth-order valence-electron chi connectivity index (χ4n) is 7.49. The monoisotopic (exact) mass is 882 g/mol. The summed E-state index contributed by atoms with van der Waals surface area (Å²) in [5, 5.41) is 16.3. The van der Waals surface area contributed by atoms with E-state index in [1.54, 1.807) is 33.6 Å². The van der Waals surface area contributed by atoms with Gasteiger partial charge in [-0.3, -0.25) is 14.2 Å². The summed E-state index contributed by atoms with van der Waals surface area (Å²) in [5.41, 5.74) is 8.85. The topological polar surface area (TPSA) is 178 Å². The Morgan fingerprint density at radius 3 is 2.27 bits per heavy atom. The Kier molecular flexibility index (Phi) is 13.4. The number of H-pyrrole nitrogens is 1. The molecule has 0 spiro atoms. The number of benzene rings is 3. The Balaban J connectivity index is 1.15. The molecule has 16 heteroatoms. The number of phenols is 1. The zero-order chi connectivity index (χ0) is 39.1. The number of nitrogens with zero attached hydrogens (tertiary/aromatic N) is 4. The van der Waals surface area contributed by atoms with Gasteiger partial charge in [0.25, 0.3) is 0 Å². The van der Waals surface area contributed by atoms with Crippen molar-refractivity contribution in [3.63, 3.8) is 0 Å². The maximum absolute atomic E-state index is 14.2. The molecule has 0 bridgehead atoms. The molecule has 14 nitrogen and oxygen atoms in total. The molecule has 2 aliphatic rings. The van der Waals surface area contributed by atoms with Gasteiger partial charge in [0.15, 0.2) is 0 Å². The number of piperidine rings is 1. The van der Waals surface area contributed by atoms with Gasteiger partial charge in [0.05, 0.1) is 32.8 Å². The smallest absolute Gasteiger partial charge is 0.326 e. The number of likely N-dealkylation sites (tertiary alicyclic amines) is 1. The molecular formula is C39H48Br2N8O6. The average Bonchev–Trinajstić information content (AvgIpc) is 3.54. The number of nitrogens with two attached hydrogens (primary N) is 1. The highest BCUT2D eigenvalue weighted by atomic mass is 79.9. The standard InChI is InChI=1S/C39H48Br2N8O6/c1-55-34-12-5-4-11-33(34)46-18-20-47(21-19-46)37(52)30(9-6-7-15-42)43-36(51)31(24-25-22-27(40)35(50)28(41)23-25)45-38(53)48-16-13-26(14-17-48)49-32-10-3-2-8-29(32)44-39(49)54/h2-5,8,10-12,22-23,26,30-31,50H,6-7,9,13-21,24,42H2,1H3,(H,43,51)(H,44,54)(H,45,53)/t30-,31+/m0/s1. The Morgan fingerprint density at radius 1 is 0.909 bits per heavy atom. The van der Waals surface area contributed by atoms with E-state index >= 15 is 0 Å². The Morgan fingerprint density at radius 2 is 1.58 bits per heavy atom. The van der Waals surface area contributed by atoms with Crippen molar-refractivity contribution < 1.29 is 24.2 Å². The van der Waals surface area contributed by atoms with Crippen LogP contribution >= 0.6 is 31.9 Å². The predicted molar refractivity (Wildman–Crippen MR) is 219 cm³/mol. The summed E-state index contributed by atoms with van der Waals surface area (Å²) in [6, 6.07) is 16.4. The number of phenolic OH excluding ortho intramolecular Hbond substituents is 1. The lowest BCUT2D eigenvalue weighted by molar-refractivity contribution is -0.137. The maximum atomic E-state index is 14.2. The van der Waals surface area contributed by atoms with E-state index in [0.29, 0.717) is 92.4 Å². The molecule has 6 rings (SSSR count). The first-order valence-corrected chi connectivity index (χ1v) is 20.2. The number of imidazole rings is 1. The number of piperazine rings is 1. The minimum absolute atomic E-state index is 0.0161. The number of halogens is 2. The van der Waals surface area contributed by atoms with Crippen LogP contribution in [0, 0.1) is 0 Å². The van der Waals surface area contributed by atoms with E-state index in [9.17, 15) is 24.3 Å². The number of fused-ring (bicyclic) bond motifs is 1. The van der Waals surface area contributed by atoms with Crippen LogP contribution in [0.1, 0.15) is 43.7 Å². The van der Waals surface area contributed by atoms with E-state index in [1.165, 1.54) is 0 Å². The lowest BCUT2D eigenvalue weighted by Crippen LogP contribution is -2.59. The number of ether oxygens (including phenoxy) is 1. The molecule has 3 heterocycles. The molecule has 0 saturated carbocycles. The van der Waals surface area contributed by atoms with Crippen molar-refractivity contribution in [1.82, 2.24) is 30.0 Å². The van der Waals surface area contributed by atoms with Gasteiger partial charge in [-0.05, 0) is 112 Å². The molecule has 4 amide bonds. The van der Waals surface area contributed by atoms with Gasteiger partial charge in [-0.15, -0.1) is 0 Å². The molecule has 2 saturated heterocycles. The van der Waals surface area contributed by atoms with E-state index in [-0.39, 0.29) is 29.8 Å². The SMILES string of the molecule is COc1ccccc1N1CCN(C(=O)[C@H](CCCCN)NC(=O)[C@@H](Cc2cc(Br)c(O)c(Br)c2)NC(=O)N2CCC(n3c(=O)[nH]c4ccccc43)CC2)CC1. The molecule has 55 heavy (non-hydrogen) atoms. The van der Waals surface area contributed by atoms with Crippen LogP contribution in [0.25, 0.3) is 11.0 Å². The number of aromatic nitrogens is 2. The van der Waals surface area contributed by atoms with E-state index in [4.69, 9.17) is 10.5 Å². The number of aromatic amines is 1. The Hall–Kier alpha value is -4.54. The number of hydrogen-bond acceptors (Lipinski definition) is 8. The van der Waals surface area contributed by atoms with Crippen LogP contribution in [0.15, 0.2) is 74.4 Å². The third-order valence-corrected chi connectivity index (χ3v) is 11.7. The molecule has 4 aromatic rings. The van der Waals surface area contributed by atoms with Crippen LogP contribution in [-0.2, 0) is 16.0 Å². The van der Waals surface area contributed by atoms with E-state index in [2.05, 4.69) is 52.4 Å². The van der Waals surface area contributed by atoms with Gasteiger partial charge in [0, 0.05) is 51.7 Å². The minimum atomic E-state index is -1.04. The van der Waals surface area contributed by atoms with E-state index < -0.39 is 24.0 Å². The number of aromatic hydroxyl groups is 1. The molecule has 3 aromatic carbocycles. The summed E-state index contributed by atoms with van der Waals surface area (Å²) >= 11 is 6.74. The number of carbonyl (C=O) groups excluding carboxylic acids is 3. The summed E-state index contributed by atoms with van der Waals surface area (Å²) < 4.78 is 8.18. The summed E-state index contributed by atoms with van der Waals surface area (Å²) in [5.74, 6) is 0.110. The summed E-state index contributed by atoms with van der Waals surface area (Å²) in [6.45, 7) is 3.37. The van der Waals surface area contributed by atoms with Gasteiger partial charge in [0.1, 0.15) is 23.6 Å². The van der Waals surface area contributed by atoms with Gasteiger partial charge in [-0.1, -0.05) is 24.3 Å². The van der Waals surface area contributed by atoms with Crippen LogP contribution in [0.2, 0.25) is 0 Å². The number of methoxy groups -OCH3 is 1. The first-order valence-electron chi connectivity index (χ1n) is 18.7. The summed E-state index contributed by atoms with van der Waals surface area (Å²) in [4.78, 5) is 63.5. The number of hydrogen-bond donors (Lipinski definition) is 5. The second kappa shape index (κ2) is 18.4. The fraction of sp³-hybridized carbons (Fsp3) is 0.436. The fourth-order valence-corrected chi connectivity index (χ4v) is 8.77. The second-order valence-electron chi connectivity index (χ2n) is 14.0. The number of para-hydroxylation sites is 4. The maximum Gasteiger partial charge on any atom is 0.326 e. The molecule has 0 aliphatic carbocycles. The van der Waals surface area contributed by atoms with E-state index in [1.807, 2.05) is 48.5 Å². The first-order chi connectivity index (χ1) is 26.6. The number of nitrogens with one attached hydrogen (secondary N) is 3. The molecule has 0 unspecified atom stereocenters. The van der Waals surface area contributed by atoms with Crippen LogP contribution in [0.3, 0.4) is 0 Å². The van der Waals surface area contributed by atoms with Crippen molar-refractivity contribution in [1.29, 1.82) is 0 Å². The molecule has 0 radical (unpaired) electrons. The van der Waals surface area contributed by atoms with Gasteiger partial charge < -0.3 is 45.9 Å². The van der Waals surface area contributed by atoms with Gasteiger partial charge in [-0.2, -0.15) is 0 Å². The number of urea groups is 1. The third kappa shape index (κ3) is 9.47. The number of unbranched alkanes of at least 4 members (excludes halogenated alkanes) is 1. The van der Waals surface area contributed by atoms with Crippen molar-refractivity contribution in [2.24, 2.45) is 5.73 Å². The van der Waals surface area contributed by atoms with Crippen LogP contribution in [-0.4, -0.2) is 107 Å². The molecular weight excluding hydrogens is 836 g/mol. The van der Waals surface area contributed by atoms with Crippen LogP contribution in [0.4, 0.5) is 10.5 Å². The Bertz CT molecular complexity index is 2020. The molecule has 294 valence electrons. The predicted octanol–water partition coefficient (Wildman–Crippen LogP) is 4.49. The van der Waals surface area contributed by atoms with Gasteiger partial charge >= 0.3 is 11.7 Å². The molecule has 2 aliphatic heterocycles. The highest BCUT2D eigenvalue weighted by molar-refractivity contribution is 9.11. The first kappa shape index (κ1) is 40.1. The average molecular weight is 885 g/mol.